The summed E-state index contributed by atoms with van der Waals surface area (Å²) in [4.78, 5) is 12.0. The van der Waals surface area contributed by atoms with E-state index in [1.54, 1.807) is 0 Å². The first kappa shape index (κ1) is 25.0. The summed E-state index contributed by atoms with van der Waals surface area (Å²) < 4.78 is 14.1. The Hall–Kier alpha value is -2.63. The molecule has 0 radical (unpaired) electrons. The fraction of sp³-hybridized carbons (Fsp3) is 0.467. The van der Waals surface area contributed by atoms with Crippen LogP contribution in [0, 0.1) is 5.92 Å². The maximum absolute atomic E-state index is 12.0. The van der Waals surface area contributed by atoms with Gasteiger partial charge < -0.3 is 9.47 Å². The van der Waals surface area contributed by atoms with Gasteiger partial charge in [0.15, 0.2) is 0 Å². The Labute approximate surface area is 218 Å². The highest BCUT2D eigenvalue weighted by Crippen LogP contribution is 2.41. The zero-order chi connectivity index (χ0) is 24.9. The molecule has 1 aromatic heterocycles. The Morgan fingerprint density at radius 1 is 1.00 bits per heavy atom. The average molecular weight is 507 g/mol. The second-order valence-electron chi connectivity index (χ2n) is 9.95. The standard InChI is InChI=1S/C30H35ClN2O3/c1-2-35-30(34)23-14-12-21(13-15-23)20-36-29(22-8-4-3-5-9-22)28-26-10-6-7-11-27(26)32-33(28)25-18-16-24(31)17-19-25/h12-19,22,29H,2-11,20H2,1H3. The van der Waals surface area contributed by atoms with E-state index in [0.29, 0.717) is 24.7 Å². The topological polar surface area (TPSA) is 53.4 Å². The van der Waals surface area contributed by atoms with E-state index in [4.69, 9.17) is 26.2 Å². The lowest BCUT2D eigenvalue weighted by Crippen LogP contribution is -2.23. The van der Waals surface area contributed by atoms with E-state index in [0.717, 1.165) is 29.1 Å². The first-order valence-electron chi connectivity index (χ1n) is 13.4. The Kier molecular flexibility index (Phi) is 8.08. The van der Waals surface area contributed by atoms with E-state index in [9.17, 15) is 4.79 Å². The van der Waals surface area contributed by atoms with Crippen LogP contribution in [-0.4, -0.2) is 22.4 Å². The van der Waals surface area contributed by atoms with Gasteiger partial charge in [0.25, 0.3) is 0 Å². The first-order chi connectivity index (χ1) is 17.6. The van der Waals surface area contributed by atoms with E-state index in [1.165, 1.54) is 61.9 Å². The van der Waals surface area contributed by atoms with Gasteiger partial charge in [-0.15, -0.1) is 0 Å². The van der Waals surface area contributed by atoms with Crippen LogP contribution in [0.15, 0.2) is 48.5 Å². The number of esters is 1. The van der Waals surface area contributed by atoms with E-state index in [2.05, 4.69) is 16.8 Å². The monoisotopic (exact) mass is 506 g/mol. The zero-order valence-corrected chi connectivity index (χ0v) is 21.8. The fourth-order valence-corrected chi connectivity index (χ4v) is 5.79. The van der Waals surface area contributed by atoms with Crippen molar-refractivity contribution in [1.82, 2.24) is 9.78 Å². The van der Waals surface area contributed by atoms with Crippen LogP contribution in [0.2, 0.25) is 5.02 Å². The van der Waals surface area contributed by atoms with Crippen LogP contribution in [0.4, 0.5) is 0 Å². The minimum absolute atomic E-state index is 0.0277. The minimum atomic E-state index is -0.288. The molecule has 3 aromatic rings. The van der Waals surface area contributed by atoms with Crippen molar-refractivity contribution in [1.29, 1.82) is 0 Å². The van der Waals surface area contributed by atoms with Crippen LogP contribution in [0.5, 0.6) is 0 Å². The lowest BCUT2D eigenvalue weighted by atomic mass is 9.82. The smallest absolute Gasteiger partial charge is 0.338 e. The van der Waals surface area contributed by atoms with Crippen LogP contribution in [-0.2, 0) is 28.9 Å². The molecule has 6 heteroatoms. The maximum atomic E-state index is 12.0. The second-order valence-corrected chi connectivity index (χ2v) is 10.4. The van der Waals surface area contributed by atoms with Crippen LogP contribution in [0.1, 0.15) is 90.8 Å². The fourth-order valence-electron chi connectivity index (χ4n) is 5.66. The number of fused-ring (bicyclic) bond motifs is 1. The number of aryl methyl sites for hydroxylation is 1. The predicted molar refractivity (Wildman–Crippen MR) is 142 cm³/mol. The molecule has 0 saturated heterocycles. The number of ether oxygens (including phenoxy) is 2. The van der Waals surface area contributed by atoms with Crippen molar-refractivity contribution in [2.45, 2.75) is 77.4 Å². The van der Waals surface area contributed by atoms with Gasteiger partial charge in [-0.3, -0.25) is 0 Å². The lowest BCUT2D eigenvalue weighted by Gasteiger charge is -2.32. The average Bonchev–Trinajstić information content (AvgIpc) is 3.30. The second kappa shape index (κ2) is 11.6. The number of hydrogen-bond acceptors (Lipinski definition) is 4. The molecule has 190 valence electrons. The molecular formula is C30H35ClN2O3. The molecule has 5 rings (SSSR count). The number of carbonyl (C=O) groups is 1. The first-order valence-corrected chi connectivity index (χ1v) is 13.8. The van der Waals surface area contributed by atoms with Gasteiger partial charge in [-0.05, 0) is 98.9 Å². The summed E-state index contributed by atoms with van der Waals surface area (Å²) in [5, 5.41) is 5.84. The van der Waals surface area contributed by atoms with Gasteiger partial charge in [-0.2, -0.15) is 5.10 Å². The molecule has 1 fully saturated rings. The van der Waals surface area contributed by atoms with Crippen LogP contribution < -0.4 is 0 Å². The third kappa shape index (κ3) is 5.52. The molecule has 5 nitrogen and oxygen atoms in total. The summed E-state index contributed by atoms with van der Waals surface area (Å²) in [7, 11) is 0. The normalized spacial score (nSPS) is 16.9. The van der Waals surface area contributed by atoms with Gasteiger partial charge in [0.05, 0.1) is 35.9 Å². The van der Waals surface area contributed by atoms with Gasteiger partial charge in [-0.1, -0.05) is 43.0 Å². The van der Waals surface area contributed by atoms with Crippen molar-refractivity contribution < 1.29 is 14.3 Å². The van der Waals surface area contributed by atoms with E-state index in [-0.39, 0.29) is 12.1 Å². The maximum Gasteiger partial charge on any atom is 0.338 e. The number of benzene rings is 2. The SMILES string of the molecule is CCOC(=O)c1ccc(COC(c2c3c(nn2-c2ccc(Cl)cc2)CCCC3)C2CCCCC2)cc1. The van der Waals surface area contributed by atoms with E-state index < -0.39 is 0 Å². The van der Waals surface area contributed by atoms with Gasteiger partial charge in [0, 0.05) is 5.02 Å². The molecule has 0 aliphatic heterocycles. The van der Waals surface area contributed by atoms with Crippen molar-refractivity contribution in [2.24, 2.45) is 5.92 Å². The van der Waals surface area contributed by atoms with Crippen LogP contribution >= 0.6 is 11.6 Å². The number of aromatic nitrogens is 2. The lowest BCUT2D eigenvalue weighted by molar-refractivity contribution is -0.0169. The summed E-state index contributed by atoms with van der Waals surface area (Å²) in [6.45, 7) is 2.68. The number of carbonyl (C=O) groups excluding carboxylic acids is 1. The number of nitrogens with zero attached hydrogens (tertiary/aromatic N) is 2. The molecule has 0 bridgehead atoms. The quantitative estimate of drug-likeness (QED) is 0.298. The van der Waals surface area contributed by atoms with Crippen molar-refractivity contribution in [3.63, 3.8) is 0 Å². The molecule has 2 aliphatic carbocycles. The number of hydrogen-bond donors (Lipinski definition) is 0. The Morgan fingerprint density at radius 3 is 2.44 bits per heavy atom. The van der Waals surface area contributed by atoms with Crippen LogP contribution in [0.3, 0.4) is 0 Å². The zero-order valence-electron chi connectivity index (χ0n) is 21.0. The summed E-state index contributed by atoms with van der Waals surface area (Å²) in [5.74, 6) is 0.176. The Morgan fingerprint density at radius 2 is 1.72 bits per heavy atom. The molecular weight excluding hydrogens is 472 g/mol. The Balaban J connectivity index is 1.47. The molecule has 1 heterocycles. The highest BCUT2D eigenvalue weighted by atomic mass is 35.5. The highest BCUT2D eigenvalue weighted by Gasteiger charge is 2.34. The van der Waals surface area contributed by atoms with Crippen molar-refractivity contribution in [3.8, 4) is 5.69 Å². The third-order valence-corrected chi connectivity index (χ3v) is 7.76. The summed E-state index contributed by atoms with van der Waals surface area (Å²) in [6.07, 6.45) is 10.6. The van der Waals surface area contributed by atoms with Gasteiger partial charge in [0.2, 0.25) is 0 Å². The van der Waals surface area contributed by atoms with Crippen molar-refractivity contribution >= 4 is 17.6 Å². The molecule has 0 amide bonds. The molecule has 0 spiro atoms. The van der Waals surface area contributed by atoms with E-state index in [1.807, 2.05) is 43.3 Å². The third-order valence-electron chi connectivity index (χ3n) is 7.51. The largest absolute Gasteiger partial charge is 0.462 e. The van der Waals surface area contributed by atoms with E-state index >= 15 is 0 Å². The number of rotatable bonds is 8. The van der Waals surface area contributed by atoms with Gasteiger partial charge in [-0.25, -0.2) is 9.48 Å². The molecule has 0 N–H and O–H groups in total. The molecule has 2 aliphatic rings. The summed E-state index contributed by atoms with van der Waals surface area (Å²) in [6, 6.07) is 15.6. The van der Waals surface area contributed by atoms with Crippen LogP contribution in [0.25, 0.3) is 5.69 Å². The molecule has 36 heavy (non-hydrogen) atoms. The highest BCUT2D eigenvalue weighted by molar-refractivity contribution is 6.30. The van der Waals surface area contributed by atoms with Gasteiger partial charge in [0.1, 0.15) is 6.10 Å². The summed E-state index contributed by atoms with van der Waals surface area (Å²) >= 11 is 6.21. The Bertz CT molecular complexity index is 1160. The molecule has 2 aromatic carbocycles. The van der Waals surface area contributed by atoms with Crippen molar-refractivity contribution in [3.05, 3.63) is 81.6 Å². The molecule has 1 atom stereocenters. The predicted octanol–water partition coefficient (Wildman–Crippen LogP) is 7.42. The van der Waals surface area contributed by atoms with Gasteiger partial charge >= 0.3 is 5.97 Å². The molecule has 1 saturated carbocycles. The number of halogens is 1. The minimum Gasteiger partial charge on any atom is -0.462 e. The molecule has 1 unspecified atom stereocenters. The van der Waals surface area contributed by atoms with Crippen molar-refractivity contribution in [2.75, 3.05) is 6.61 Å². The summed E-state index contributed by atoms with van der Waals surface area (Å²) in [5.41, 5.74) is 6.47.